The average Bonchev–Trinajstić information content (AvgIpc) is 2.45. The number of nitrogens with zero attached hydrogens (tertiary/aromatic N) is 2. The Labute approximate surface area is 134 Å². The Morgan fingerprint density at radius 2 is 1.73 bits per heavy atom. The Bertz CT molecular complexity index is 595. The lowest BCUT2D eigenvalue weighted by Crippen LogP contribution is -2.36. The molecule has 0 bridgehead atoms. The fourth-order valence-corrected chi connectivity index (χ4v) is 3.09. The lowest BCUT2D eigenvalue weighted by Gasteiger charge is -2.23. The first-order valence-electron chi connectivity index (χ1n) is 7.57. The van der Waals surface area contributed by atoms with Gasteiger partial charge in [-0.25, -0.2) is 8.42 Å². The predicted octanol–water partition coefficient (Wildman–Crippen LogP) is 2.02. The molecule has 0 spiro atoms. The third-order valence-electron chi connectivity index (χ3n) is 3.77. The fourth-order valence-electron chi connectivity index (χ4n) is 2.29. The molecule has 5 nitrogen and oxygen atoms in total. The van der Waals surface area contributed by atoms with Crippen LogP contribution in [0.1, 0.15) is 31.4 Å². The molecule has 0 unspecified atom stereocenters. The summed E-state index contributed by atoms with van der Waals surface area (Å²) < 4.78 is 25.3. The van der Waals surface area contributed by atoms with Gasteiger partial charge in [0.05, 0.1) is 6.26 Å². The maximum Gasteiger partial charge on any atom is 0.223 e. The summed E-state index contributed by atoms with van der Waals surface area (Å²) in [5.74, 6) is -0.0107. The maximum absolute atomic E-state index is 12.1. The van der Waals surface area contributed by atoms with Gasteiger partial charge in [-0.05, 0) is 31.9 Å². The lowest BCUT2D eigenvalue weighted by molar-refractivity contribution is -0.130. The quantitative estimate of drug-likeness (QED) is 0.734. The van der Waals surface area contributed by atoms with Gasteiger partial charge < -0.3 is 4.90 Å². The molecule has 6 heteroatoms. The number of hydrogen-bond donors (Lipinski definition) is 0. The Morgan fingerprint density at radius 3 is 2.23 bits per heavy atom. The standard InChI is InChI=1S/C16H26N2O3S/c1-5-17(6-2)16(19)11-12-18(22(4,20)21)13-15-10-8-7-9-14(15)3/h7-10H,5-6,11-13H2,1-4H3. The van der Waals surface area contributed by atoms with Crippen molar-refractivity contribution in [2.24, 2.45) is 0 Å². The third kappa shape index (κ3) is 5.42. The highest BCUT2D eigenvalue weighted by molar-refractivity contribution is 7.88. The van der Waals surface area contributed by atoms with Crippen LogP contribution in [0.25, 0.3) is 0 Å². The zero-order valence-corrected chi connectivity index (χ0v) is 14.7. The zero-order chi connectivity index (χ0) is 16.8. The van der Waals surface area contributed by atoms with Crippen LogP contribution < -0.4 is 0 Å². The van der Waals surface area contributed by atoms with Gasteiger partial charge in [0.25, 0.3) is 0 Å². The lowest BCUT2D eigenvalue weighted by atomic mass is 10.1. The SMILES string of the molecule is CCN(CC)C(=O)CCN(Cc1ccccc1C)S(C)(=O)=O. The molecule has 0 saturated carbocycles. The number of hydrogen-bond acceptors (Lipinski definition) is 3. The van der Waals surface area contributed by atoms with E-state index in [4.69, 9.17) is 0 Å². The zero-order valence-electron chi connectivity index (χ0n) is 13.9. The first kappa shape index (κ1) is 18.6. The highest BCUT2D eigenvalue weighted by Gasteiger charge is 2.20. The average molecular weight is 326 g/mol. The van der Waals surface area contributed by atoms with Gasteiger partial charge in [0.1, 0.15) is 0 Å². The molecular formula is C16H26N2O3S. The molecular weight excluding hydrogens is 300 g/mol. The predicted molar refractivity (Wildman–Crippen MR) is 89.0 cm³/mol. The largest absolute Gasteiger partial charge is 0.343 e. The summed E-state index contributed by atoms with van der Waals surface area (Å²) in [4.78, 5) is 13.8. The van der Waals surface area contributed by atoms with Gasteiger partial charge >= 0.3 is 0 Å². The van der Waals surface area contributed by atoms with E-state index in [9.17, 15) is 13.2 Å². The molecule has 124 valence electrons. The van der Waals surface area contributed by atoms with Crippen LogP contribution in [0.2, 0.25) is 0 Å². The summed E-state index contributed by atoms with van der Waals surface area (Å²) in [7, 11) is -3.35. The van der Waals surface area contributed by atoms with E-state index in [0.29, 0.717) is 19.6 Å². The second kappa shape index (κ2) is 8.29. The molecule has 0 atom stereocenters. The van der Waals surface area contributed by atoms with E-state index >= 15 is 0 Å². The smallest absolute Gasteiger partial charge is 0.223 e. The van der Waals surface area contributed by atoms with E-state index in [0.717, 1.165) is 11.1 Å². The van der Waals surface area contributed by atoms with Gasteiger partial charge in [-0.2, -0.15) is 4.31 Å². The molecule has 22 heavy (non-hydrogen) atoms. The van der Waals surface area contributed by atoms with Gasteiger partial charge in [0, 0.05) is 32.6 Å². The molecule has 0 radical (unpaired) electrons. The van der Waals surface area contributed by atoms with Gasteiger partial charge in [-0.1, -0.05) is 24.3 Å². The first-order chi connectivity index (χ1) is 10.3. The number of aryl methyl sites for hydroxylation is 1. The van der Waals surface area contributed by atoms with Crippen molar-refractivity contribution in [2.75, 3.05) is 25.9 Å². The minimum absolute atomic E-state index is 0.0107. The highest BCUT2D eigenvalue weighted by atomic mass is 32.2. The van der Waals surface area contributed by atoms with Crippen LogP contribution in [0, 0.1) is 6.92 Å². The van der Waals surface area contributed by atoms with E-state index in [1.54, 1.807) is 4.90 Å². The second-order valence-corrected chi connectivity index (χ2v) is 7.32. The van der Waals surface area contributed by atoms with E-state index in [1.807, 2.05) is 45.0 Å². The van der Waals surface area contributed by atoms with E-state index in [-0.39, 0.29) is 18.9 Å². The van der Waals surface area contributed by atoms with Crippen LogP contribution in [0.3, 0.4) is 0 Å². The van der Waals surface area contributed by atoms with Crippen molar-refractivity contribution in [1.29, 1.82) is 0 Å². The summed E-state index contributed by atoms with van der Waals surface area (Å²) in [6.07, 6.45) is 1.40. The summed E-state index contributed by atoms with van der Waals surface area (Å²) in [5, 5.41) is 0. The molecule has 0 heterocycles. The van der Waals surface area contributed by atoms with Crippen LogP contribution in [0.4, 0.5) is 0 Å². The Morgan fingerprint density at radius 1 is 1.14 bits per heavy atom. The molecule has 0 aliphatic carbocycles. The van der Waals surface area contributed by atoms with Crippen LogP contribution in [-0.2, 0) is 21.4 Å². The summed E-state index contributed by atoms with van der Waals surface area (Å²) in [6.45, 7) is 7.60. The number of amides is 1. The first-order valence-corrected chi connectivity index (χ1v) is 9.41. The molecule has 0 aromatic heterocycles. The summed E-state index contributed by atoms with van der Waals surface area (Å²) in [6, 6.07) is 7.69. The maximum atomic E-state index is 12.1. The minimum atomic E-state index is -3.35. The van der Waals surface area contributed by atoms with Gasteiger partial charge in [0.2, 0.25) is 15.9 Å². The molecule has 0 aliphatic heterocycles. The van der Waals surface area contributed by atoms with Crippen LogP contribution in [-0.4, -0.2) is 49.4 Å². The van der Waals surface area contributed by atoms with Gasteiger partial charge in [-0.3, -0.25) is 4.79 Å². The topological polar surface area (TPSA) is 57.7 Å². The van der Waals surface area contributed by atoms with Crippen LogP contribution in [0.15, 0.2) is 24.3 Å². The molecule has 0 saturated heterocycles. The minimum Gasteiger partial charge on any atom is -0.343 e. The molecule has 0 N–H and O–H groups in total. The molecule has 1 aromatic rings. The number of carbonyl (C=O) groups excluding carboxylic acids is 1. The van der Waals surface area contributed by atoms with Crippen molar-refractivity contribution in [3.63, 3.8) is 0 Å². The van der Waals surface area contributed by atoms with Crippen molar-refractivity contribution >= 4 is 15.9 Å². The monoisotopic (exact) mass is 326 g/mol. The molecule has 1 rings (SSSR count). The summed E-state index contributed by atoms with van der Waals surface area (Å²) in [5.41, 5.74) is 2.01. The summed E-state index contributed by atoms with van der Waals surface area (Å²) >= 11 is 0. The molecule has 1 aromatic carbocycles. The van der Waals surface area contributed by atoms with Crippen molar-refractivity contribution in [3.8, 4) is 0 Å². The molecule has 0 fully saturated rings. The Hall–Kier alpha value is -1.40. The number of carbonyl (C=O) groups is 1. The fraction of sp³-hybridized carbons (Fsp3) is 0.562. The van der Waals surface area contributed by atoms with Crippen molar-refractivity contribution in [2.45, 2.75) is 33.7 Å². The van der Waals surface area contributed by atoms with E-state index in [1.165, 1.54) is 10.6 Å². The normalized spacial score (nSPS) is 11.7. The molecule has 0 aliphatic rings. The number of rotatable bonds is 8. The van der Waals surface area contributed by atoms with Crippen molar-refractivity contribution in [3.05, 3.63) is 35.4 Å². The second-order valence-electron chi connectivity index (χ2n) is 5.34. The third-order valence-corrected chi connectivity index (χ3v) is 5.02. The number of sulfonamides is 1. The highest BCUT2D eigenvalue weighted by Crippen LogP contribution is 2.13. The van der Waals surface area contributed by atoms with Gasteiger partial charge in [0.15, 0.2) is 0 Å². The van der Waals surface area contributed by atoms with Crippen LogP contribution in [0.5, 0.6) is 0 Å². The van der Waals surface area contributed by atoms with Crippen LogP contribution >= 0.6 is 0 Å². The van der Waals surface area contributed by atoms with Crippen molar-refractivity contribution in [1.82, 2.24) is 9.21 Å². The Balaban J connectivity index is 2.79. The number of benzene rings is 1. The van der Waals surface area contributed by atoms with E-state index in [2.05, 4.69) is 0 Å². The Kier molecular flexibility index (Phi) is 7.03. The van der Waals surface area contributed by atoms with Gasteiger partial charge in [-0.15, -0.1) is 0 Å². The van der Waals surface area contributed by atoms with Crippen molar-refractivity contribution < 1.29 is 13.2 Å². The molecule has 1 amide bonds. The van der Waals surface area contributed by atoms with E-state index < -0.39 is 10.0 Å².